The number of hydrogen-bond acceptors (Lipinski definition) is 6. The van der Waals surface area contributed by atoms with Crippen molar-refractivity contribution >= 4 is 61.3 Å². The minimum atomic E-state index is -3.96. The van der Waals surface area contributed by atoms with Gasteiger partial charge in [0.25, 0.3) is 20.3 Å². The zero-order valence-corrected chi connectivity index (χ0v) is 18.5. The fraction of sp³-hybridized carbons (Fsp3) is 0.167. The van der Waals surface area contributed by atoms with Crippen molar-refractivity contribution < 1.29 is 13.2 Å². The van der Waals surface area contributed by atoms with Crippen LogP contribution in [-0.4, -0.2) is 24.5 Å². The summed E-state index contributed by atoms with van der Waals surface area (Å²) in [5.74, 6) is -0.424. The van der Waals surface area contributed by atoms with E-state index in [-0.39, 0.29) is 26.0 Å². The van der Waals surface area contributed by atoms with E-state index in [0.29, 0.717) is 10.7 Å². The molecule has 0 unspecified atom stereocenters. The van der Waals surface area contributed by atoms with Crippen LogP contribution in [0.25, 0.3) is 0 Å². The number of carbonyl (C=O) groups is 1. The highest BCUT2D eigenvalue weighted by molar-refractivity contribution is 7.94. The summed E-state index contributed by atoms with van der Waals surface area (Å²) in [6.45, 7) is 3.93. The molecule has 3 rings (SSSR count). The van der Waals surface area contributed by atoms with Crippen molar-refractivity contribution in [3.8, 4) is 0 Å². The average Bonchev–Trinajstić information content (AvgIpc) is 3.11. The molecular weight excluding hydrogens is 455 g/mol. The van der Waals surface area contributed by atoms with Crippen LogP contribution in [0.3, 0.4) is 0 Å². The van der Waals surface area contributed by atoms with Crippen molar-refractivity contribution in [2.45, 2.75) is 24.1 Å². The smallest absolute Gasteiger partial charge is 0.291 e. The third kappa shape index (κ3) is 5.05. The fourth-order valence-electron chi connectivity index (χ4n) is 2.49. The Hall–Kier alpha value is -2.20. The van der Waals surface area contributed by atoms with E-state index >= 15 is 0 Å². The summed E-state index contributed by atoms with van der Waals surface area (Å²) in [5, 5.41) is 10.5. The van der Waals surface area contributed by atoms with E-state index in [4.69, 9.17) is 23.2 Å². The first-order valence-electron chi connectivity index (χ1n) is 8.39. The number of anilines is 2. The first-order valence-corrected chi connectivity index (χ1v) is 11.4. The van der Waals surface area contributed by atoms with Crippen LogP contribution in [0.15, 0.2) is 46.8 Å². The Morgan fingerprint density at radius 1 is 1.10 bits per heavy atom. The first-order chi connectivity index (χ1) is 13.7. The number of amides is 1. The topological polar surface area (TPSA) is 101 Å². The molecule has 29 heavy (non-hydrogen) atoms. The van der Waals surface area contributed by atoms with Gasteiger partial charge in [0.05, 0.1) is 16.3 Å². The van der Waals surface area contributed by atoms with E-state index < -0.39 is 15.9 Å². The predicted octanol–water partition coefficient (Wildman–Crippen LogP) is 5.02. The SMILES string of the molecule is CC(C)c1ccccc1NS(=O)(=O)c1nnc(NC(=O)c2ccc(Cl)cc2Cl)s1. The van der Waals surface area contributed by atoms with Crippen LogP contribution in [-0.2, 0) is 10.0 Å². The Balaban J connectivity index is 1.79. The van der Waals surface area contributed by atoms with Crippen LogP contribution in [0.2, 0.25) is 10.0 Å². The standard InChI is InChI=1S/C18H16Cl2N4O3S2/c1-10(2)12-5-3-4-6-15(12)24-29(26,27)18-23-22-17(28-18)21-16(25)13-8-7-11(19)9-14(13)20/h3-10,24H,1-2H3,(H,21,22,25). The van der Waals surface area contributed by atoms with Crippen LogP contribution in [0, 0.1) is 0 Å². The molecule has 1 heterocycles. The molecule has 152 valence electrons. The predicted molar refractivity (Wildman–Crippen MR) is 116 cm³/mol. The molecule has 0 spiro atoms. The molecule has 0 saturated heterocycles. The molecule has 2 N–H and O–H groups in total. The maximum absolute atomic E-state index is 12.7. The number of nitrogens with one attached hydrogen (secondary N) is 2. The van der Waals surface area contributed by atoms with E-state index in [0.717, 1.165) is 16.9 Å². The van der Waals surface area contributed by atoms with Crippen molar-refractivity contribution in [3.63, 3.8) is 0 Å². The second-order valence-corrected chi connectivity index (χ2v) is 9.98. The van der Waals surface area contributed by atoms with Gasteiger partial charge in [-0.15, -0.1) is 10.2 Å². The van der Waals surface area contributed by atoms with Gasteiger partial charge in [-0.05, 0) is 35.7 Å². The molecule has 0 aliphatic heterocycles. The van der Waals surface area contributed by atoms with E-state index in [1.807, 2.05) is 26.0 Å². The van der Waals surface area contributed by atoms with Gasteiger partial charge in [-0.1, -0.05) is 66.6 Å². The number of para-hydroxylation sites is 1. The Kier molecular flexibility index (Phi) is 6.42. The lowest BCUT2D eigenvalue weighted by molar-refractivity contribution is 0.102. The molecule has 0 saturated carbocycles. The van der Waals surface area contributed by atoms with Crippen LogP contribution in [0.1, 0.15) is 35.7 Å². The van der Waals surface area contributed by atoms with Gasteiger partial charge in [0, 0.05) is 5.02 Å². The number of sulfonamides is 1. The highest BCUT2D eigenvalue weighted by atomic mass is 35.5. The van der Waals surface area contributed by atoms with Crippen molar-refractivity contribution in [2.24, 2.45) is 0 Å². The zero-order chi connectivity index (χ0) is 21.2. The highest BCUT2D eigenvalue weighted by Gasteiger charge is 2.23. The second kappa shape index (κ2) is 8.66. The summed E-state index contributed by atoms with van der Waals surface area (Å²) in [6.07, 6.45) is 0. The molecule has 0 aliphatic rings. The summed E-state index contributed by atoms with van der Waals surface area (Å²) in [4.78, 5) is 12.4. The second-order valence-electron chi connectivity index (χ2n) is 6.30. The van der Waals surface area contributed by atoms with Gasteiger partial charge >= 0.3 is 0 Å². The highest BCUT2D eigenvalue weighted by Crippen LogP contribution is 2.28. The van der Waals surface area contributed by atoms with Gasteiger partial charge < -0.3 is 0 Å². The van der Waals surface area contributed by atoms with Crippen molar-refractivity contribution in [3.05, 3.63) is 63.6 Å². The van der Waals surface area contributed by atoms with Crippen molar-refractivity contribution in [1.82, 2.24) is 10.2 Å². The average molecular weight is 471 g/mol. The molecule has 1 aromatic heterocycles. The summed E-state index contributed by atoms with van der Waals surface area (Å²) < 4.78 is 27.6. The number of aromatic nitrogens is 2. The molecule has 0 atom stereocenters. The Labute approximate surface area is 182 Å². The van der Waals surface area contributed by atoms with E-state index in [1.54, 1.807) is 12.1 Å². The molecule has 11 heteroatoms. The summed E-state index contributed by atoms with van der Waals surface area (Å²) >= 11 is 12.6. The minimum Gasteiger partial charge on any atom is -0.296 e. The Bertz CT molecular complexity index is 1160. The normalized spacial score (nSPS) is 11.5. The zero-order valence-electron chi connectivity index (χ0n) is 15.3. The third-order valence-corrected chi connectivity index (χ3v) is 6.98. The molecule has 3 aromatic rings. The molecular formula is C18H16Cl2N4O3S2. The third-order valence-electron chi connectivity index (χ3n) is 3.86. The number of nitrogens with zero attached hydrogens (tertiary/aromatic N) is 2. The monoisotopic (exact) mass is 470 g/mol. The molecule has 2 aromatic carbocycles. The van der Waals surface area contributed by atoms with E-state index in [1.165, 1.54) is 18.2 Å². The number of benzene rings is 2. The molecule has 1 amide bonds. The minimum absolute atomic E-state index is 0.0264. The number of carbonyl (C=O) groups excluding carboxylic acids is 1. The van der Waals surface area contributed by atoms with E-state index in [2.05, 4.69) is 20.2 Å². The van der Waals surface area contributed by atoms with Crippen LogP contribution in [0.4, 0.5) is 10.8 Å². The fourth-order valence-corrected chi connectivity index (χ4v) is 4.97. The largest absolute Gasteiger partial charge is 0.296 e. The molecule has 7 nitrogen and oxygen atoms in total. The van der Waals surface area contributed by atoms with Crippen LogP contribution < -0.4 is 10.0 Å². The summed E-state index contributed by atoms with van der Waals surface area (Å²) in [6, 6.07) is 11.5. The summed E-state index contributed by atoms with van der Waals surface area (Å²) in [5.41, 5.74) is 1.50. The van der Waals surface area contributed by atoms with Crippen LogP contribution in [0.5, 0.6) is 0 Å². The van der Waals surface area contributed by atoms with Gasteiger partial charge in [-0.2, -0.15) is 8.42 Å². The van der Waals surface area contributed by atoms with Gasteiger partial charge in [0.1, 0.15) is 0 Å². The van der Waals surface area contributed by atoms with Gasteiger partial charge in [-0.25, -0.2) is 0 Å². The molecule has 0 bridgehead atoms. The van der Waals surface area contributed by atoms with Crippen molar-refractivity contribution in [1.29, 1.82) is 0 Å². The molecule has 0 fully saturated rings. The lowest BCUT2D eigenvalue weighted by Crippen LogP contribution is -2.14. The number of hydrogen-bond donors (Lipinski definition) is 2. The van der Waals surface area contributed by atoms with E-state index in [9.17, 15) is 13.2 Å². The first kappa shape index (κ1) is 21.5. The van der Waals surface area contributed by atoms with Gasteiger partial charge in [-0.3, -0.25) is 14.8 Å². The lowest BCUT2D eigenvalue weighted by atomic mass is 10.0. The maximum Gasteiger partial charge on any atom is 0.291 e. The maximum atomic E-state index is 12.7. The molecule has 0 radical (unpaired) electrons. The summed E-state index contributed by atoms with van der Waals surface area (Å²) in [7, 11) is -3.96. The number of rotatable bonds is 6. The Morgan fingerprint density at radius 2 is 1.83 bits per heavy atom. The lowest BCUT2D eigenvalue weighted by Gasteiger charge is -2.13. The van der Waals surface area contributed by atoms with Crippen LogP contribution >= 0.6 is 34.5 Å². The van der Waals surface area contributed by atoms with Crippen molar-refractivity contribution in [2.75, 3.05) is 10.0 Å². The number of halogens is 2. The Morgan fingerprint density at radius 3 is 2.52 bits per heavy atom. The van der Waals surface area contributed by atoms with Gasteiger partial charge in [0.2, 0.25) is 5.13 Å². The molecule has 0 aliphatic carbocycles. The van der Waals surface area contributed by atoms with Gasteiger partial charge in [0.15, 0.2) is 0 Å². The quantitative estimate of drug-likeness (QED) is 0.492.